The van der Waals surface area contributed by atoms with E-state index in [4.69, 9.17) is 0 Å². The predicted molar refractivity (Wildman–Crippen MR) is 101 cm³/mol. The molecule has 0 saturated carbocycles. The fraction of sp³-hybridized carbons (Fsp3) is 0.188. The molecule has 148 valence electrons. The molecule has 2 heterocycles. The van der Waals surface area contributed by atoms with Gasteiger partial charge < -0.3 is 5.32 Å². The SMILES string of the molecule is CSc1nsc(SC)c1C(=O)Nc1cnn(Cc2c(F)cc(F)c(F)c2F)c1. The van der Waals surface area contributed by atoms with Gasteiger partial charge >= 0.3 is 0 Å². The summed E-state index contributed by atoms with van der Waals surface area (Å²) in [4.78, 5) is 12.6. The van der Waals surface area contributed by atoms with Crippen LogP contribution in [0.2, 0.25) is 0 Å². The zero-order chi connectivity index (χ0) is 20.4. The van der Waals surface area contributed by atoms with Gasteiger partial charge in [0.25, 0.3) is 5.91 Å². The number of nitrogens with zero attached hydrogens (tertiary/aromatic N) is 3. The number of hydrogen-bond donors (Lipinski definition) is 1. The number of halogens is 4. The maximum atomic E-state index is 13.8. The van der Waals surface area contributed by atoms with E-state index in [1.54, 1.807) is 6.26 Å². The summed E-state index contributed by atoms with van der Waals surface area (Å²) in [5.74, 6) is -6.60. The van der Waals surface area contributed by atoms with Gasteiger partial charge in [0.2, 0.25) is 0 Å². The molecule has 1 N–H and O–H groups in total. The lowest BCUT2D eigenvalue weighted by Crippen LogP contribution is -2.12. The average Bonchev–Trinajstić information content (AvgIpc) is 3.29. The number of hydrogen-bond acceptors (Lipinski definition) is 6. The van der Waals surface area contributed by atoms with Crippen LogP contribution in [0, 0.1) is 23.3 Å². The first-order valence-corrected chi connectivity index (χ1v) is 10.8. The molecule has 0 radical (unpaired) electrons. The van der Waals surface area contributed by atoms with Gasteiger partial charge in [0.15, 0.2) is 17.5 Å². The number of aromatic nitrogens is 3. The second kappa shape index (κ2) is 8.53. The van der Waals surface area contributed by atoms with Crippen molar-refractivity contribution < 1.29 is 22.4 Å². The van der Waals surface area contributed by atoms with Gasteiger partial charge in [-0.15, -0.1) is 23.5 Å². The fourth-order valence-corrected chi connectivity index (χ4v) is 4.63. The summed E-state index contributed by atoms with van der Waals surface area (Å²) in [6.45, 7) is -0.475. The number of nitrogens with one attached hydrogen (secondary N) is 1. The second-order valence-corrected chi connectivity index (χ2v) is 8.03. The van der Waals surface area contributed by atoms with Gasteiger partial charge in [0.05, 0.1) is 28.2 Å². The molecule has 1 amide bonds. The Morgan fingerprint density at radius 3 is 2.61 bits per heavy atom. The highest BCUT2D eigenvalue weighted by Gasteiger charge is 2.22. The van der Waals surface area contributed by atoms with Crippen LogP contribution < -0.4 is 5.32 Å². The van der Waals surface area contributed by atoms with Crippen LogP contribution in [0.5, 0.6) is 0 Å². The number of anilines is 1. The molecule has 5 nitrogen and oxygen atoms in total. The van der Waals surface area contributed by atoms with Gasteiger partial charge in [-0.1, -0.05) is 0 Å². The highest BCUT2D eigenvalue weighted by molar-refractivity contribution is 8.01. The molecule has 28 heavy (non-hydrogen) atoms. The van der Waals surface area contributed by atoms with Crippen molar-refractivity contribution in [3.63, 3.8) is 0 Å². The Morgan fingerprint density at radius 2 is 1.93 bits per heavy atom. The molecule has 2 aromatic heterocycles. The Labute approximate surface area is 169 Å². The van der Waals surface area contributed by atoms with Crippen LogP contribution in [-0.2, 0) is 6.54 Å². The summed E-state index contributed by atoms with van der Waals surface area (Å²) < 4.78 is 60.0. The van der Waals surface area contributed by atoms with Crippen molar-refractivity contribution >= 4 is 46.7 Å². The molecular weight excluding hydrogens is 436 g/mol. The Bertz CT molecular complexity index is 1020. The summed E-state index contributed by atoms with van der Waals surface area (Å²) in [5.41, 5.74) is 0.0467. The lowest BCUT2D eigenvalue weighted by atomic mass is 10.2. The summed E-state index contributed by atoms with van der Waals surface area (Å²) in [7, 11) is 0. The summed E-state index contributed by atoms with van der Waals surface area (Å²) >= 11 is 3.95. The quantitative estimate of drug-likeness (QED) is 0.258. The molecule has 0 fully saturated rings. The first-order chi connectivity index (χ1) is 13.3. The van der Waals surface area contributed by atoms with E-state index < -0.39 is 41.3 Å². The van der Waals surface area contributed by atoms with Gasteiger partial charge in [-0.3, -0.25) is 9.48 Å². The van der Waals surface area contributed by atoms with E-state index in [-0.39, 0.29) is 11.8 Å². The van der Waals surface area contributed by atoms with Crippen LogP contribution in [0.25, 0.3) is 0 Å². The molecule has 0 saturated heterocycles. The van der Waals surface area contributed by atoms with Crippen molar-refractivity contribution in [3.8, 4) is 0 Å². The van der Waals surface area contributed by atoms with Crippen molar-refractivity contribution in [2.75, 3.05) is 17.8 Å². The van der Waals surface area contributed by atoms with Crippen molar-refractivity contribution in [1.29, 1.82) is 0 Å². The number of amides is 1. The van der Waals surface area contributed by atoms with E-state index in [1.807, 2.05) is 6.26 Å². The Hall–Kier alpha value is -2.05. The van der Waals surface area contributed by atoms with E-state index in [9.17, 15) is 22.4 Å². The maximum absolute atomic E-state index is 13.8. The number of benzene rings is 1. The Morgan fingerprint density at radius 1 is 1.18 bits per heavy atom. The third-order valence-corrected chi connectivity index (χ3v) is 6.40. The van der Waals surface area contributed by atoms with E-state index in [1.165, 1.54) is 47.4 Å². The minimum absolute atomic E-state index is 0.275. The monoisotopic (exact) mass is 448 g/mol. The topological polar surface area (TPSA) is 59.8 Å². The molecule has 3 rings (SSSR count). The van der Waals surface area contributed by atoms with Gasteiger partial charge in [0.1, 0.15) is 10.8 Å². The second-order valence-electron chi connectivity index (χ2n) is 5.39. The number of carbonyl (C=O) groups is 1. The molecule has 1 aromatic carbocycles. The zero-order valence-corrected chi connectivity index (χ0v) is 16.9. The number of rotatable bonds is 6. The number of thioether (sulfide) groups is 2. The standard InChI is InChI=1S/C16H12F4N4OS3/c1-26-15-11(16(27-2)28-23-15)14(25)22-7-4-21-24(5-7)6-8-9(17)3-10(18)13(20)12(8)19/h3-5H,6H2,1-2H3,(H,22,25). The van der Waals surface area contributed by atoms with Gasteiger partial charge in [-0.25, -0.2) is 17.6 Å². The molecule has 3 aromatic rings. The van der Waals surface area contributed by atoms with Crippen LogP contribution in [0.4, 0.5) is 23.2 Å². The summed E-state index contributed by atoms with van der Waals surface area (Å²) in [6.07, 6.45) is 6.25. The molecule has 0 atom stereocenters. The third-order valence-electron chi connectivity index (χ3n) is 3.66. The highest BCUT2D eigenvalue weighted by atomic mass is 32.2. The van der Waals surface area contributed by atoms with Crippen molar-refractivity contribution in [2.45, 2.75) is 15.8 Å². The molecular formula is C16H12F4N4OS3. The van der Waals surface area contributed by atoms with E-state index in [0.29, 0.717) is 10.6 Å². The minimum atomic E-state index is -1.75. The predicted octanol–water partition coefficient (Wildman–Crippen LogP) is 4.64. The zero-order valence-electron chi connectivity index (χ0n) is 14.4. The first kappa shape index (κ1) is 20.7. The average molecular weight is 448 g/mol. The van der Waals surface area contributed by atoms with Crippen LogP contribution in [0.3, 0.4) is 0 Å². The third kappa shape index (κ3) is 4.03. The number of carbonyl (C=O) groups excluding carboxylic acids is 1. The fourth-order valence-electron chi connectivity index (χ4n) is 2.35. The van der Waals surface area contributed by atoms with Crippen LogP contribution in [0.15, 0.2) is 27.7 Å². The molecule has 0 bridgehead atoms. The lowest BCUT2D eigenvalue weighted by Gasteiger charge is -2.07. The lowest BCUT2D eigenvalue weighted by molar-refractivity contribution is 0.102. The maximum Gasteiger partial charge on any atom is 0.260 e. The van der Waals surface area contributed by atoms with Crippen molar-refractivity contribution in [2.24, 2.45) is 0 Å². The van der Waals surface area contributed by atoms with Gasteiger partial charge in [-0.2, -0.15) is 9.47 Å². The smallest absolute Gasteiger partial charge is 0.260 e. The van der Waals surface area contributed by atoms with Gasteiger partial charge in [-0.05, 0) is 24.0 Å². The van der Waals surface area contributed by atoms with E-state index >= 15 is 0 Å². The highest BCUT2D eigenvalue weighted by Crippen LogP contribution is 2.33. The molecule has 0 unspecified atom stereocenters. The van der Waals surface area contributed by atoms with Crippen LogP contribution in [-0.4, -0.2) is 32.6 Å². The van der Waals surface area contributed by atoms with Crippen molar-refractivity contribution in [1.82, 2.24) is 14.2 Å². The molecule has 0 aliphatic heterocycles. The normalized spacial score (nSPS) is 11.1. The van der Waals surface area contributed by atoms with Crippen LogP contribution >= 0.6 is 35.1 Å². The molecule has 0 spiro atoms. The Balaban J connectivity index is 1.80. The van der Waals surface area contributed by atoms with Gasteiger partial charge in [0, 0.05) is 17.8 Å². The molecule has 0 aliphatic carbocycles. The van der Waals surface area contributed by atoms with Crippen molar-refractivity contribution in [3.05, 3.63) is 52.9 Å². The first-order valence-electron chi connectivity index (χ1n) is 7.59. The van der Waals surface area contributed by atoms with Crippen LogP contribution in [0.1, 0.15) is 15.9 Å². The Kier molecular flexibility index (Phi) is 6.30. The molecule has 0 aliphatic rings. The largest absolute Gasteiger partial charge is 0.319 e. The summed E-state index contributed by atoms with van der Waals surface area (Å²) in [6, 6.07) is 0.275. The van der Waals surface area contributed by atoms with E-state index in [0.717, 1.165) is 8.89 Å². The molecule has 12 heteroatoms. The van der Waals surface area contributed by atoms with E-state index in [2.05, 4.69) is 14.8 Å². The minimum Gasteiger partial charge on any atom is -0.319 e. The summed E-state index contributed by atoms with van der Waals surface area (Å²) in [5, 5.41) is 7.13.